The van der Waals surface area contributed by atoms with Gasteiger partial charge >= 0.3 is 5.69 Å². The van der Waals surface area contributed by atoms with Crippen molar-refractivity contribution in [2.45, 2.75) is 32.6 Å². The van der Waals surface area contributed by atoms with E-state index >= 15 is 0 Å². The van der Waals surface area contributed by atoms with E-state index in [0.29, 0.717) is 6.54 Å². The zero-order chi connectivity index (χ0) is 13.9. The number of nitrogens with one attached hydrogen (secondary N) is 1. The highest BCUT2D eigenvalue weighted by Gasteiger charge is 2.41. The first kappa shape index (κ1) is 13.3. The molecule has 0 unspecified atom stereocenters. The van der Waals surface area contributed by atoms with Gasteiger partial charge in [0.05, 0.1) is 10.5 Å². The van der Waals surface area contributed by atoms with Crippen LogP contribution < -0.4 is 5.32 Å². The van der Waals surface area contributed by atoms with Crippen LogP contribution in [0.4, 0.5) is 11.5 Å². The third kappa shape index (κ3) is 2.99. The van der Waals surface area contributed by atoms with Crippen molar-refractivity contribution in [3.8, 4) is 6.07 Å². The Hall–Kier alpha value is -2.16. The molecule has 6 heteroatoms. The third-order valence-corrected chi connectivity index (χ3v) is 3.56. The van der Waals surface area contributed by atoms with Gasteiger partial charge in [-0.05, 0) is 24.7 Å². The van der Waals surface area contributed by atoms with Crippen LogP contribution in [0.3, 0.4) is 0 Å². The normalized spacial score (nSPS) is 15.6. The Morgan fingerprint density at radius 1 is 1.63 bits per heavy atom. The predicted molar refractivity (Wildman–Crippen MR) is 70.7 cm³/mol. The second kappa shape index (κ2) is 5.22. The fourth-order valence-electron chi connectivity index (χ4n) is 2.28. The molecular weight excluding hydrogens is 244 g/mol. The van der Waals surface area contributed by atoms with Gasteiger partial charge in [-0.15, -0.1) is 0 Å². The van der Waals surface area contributed by atoms with E-state index in [1.807, 2.05) is 6.07 Å². The average molecular weight is 260 g/mol. The highest BCUT2D eigenvalue weighted by atomic mass is 16.6. The molecule has 1 saturated carbocycles. The molecule has 0 spiro atoms. The maximum Gasteiger partial charge on any atom is 0.312 e. The molecule has 0 bridgehead atoms. The molecule has 1 aliphatic rings. The van der Waals surface area contributed by atoms with Gasteiger partial charge in [-0.25, -0.2) is 4.98 Å². The van der Waals surface area contributed by atoms with Crippen molar-refractivity contribution in [1.29, 1.82) is 5.26 Å². The SMILES string of the molecule is CCCC1(CNc2ncc(C#N)cc2[N+](=O)[O-])CC1. The number of aromatic nitrogens is 1. The molecule has 1 aromatic rings. The summed E-state index contributed by atoms with van der Waals surface area (Å²) in [6.07, 6.45) is 5.93. The molecule has 1 N–H and O–H groups in total. The molecule has 1 heterocycles. The minimum atomic E-state index is -0.504. The average Bonchev–Trinajstić information content (AvgIpc) is 3.17. The molecule has 0 aromatic carbocycles. The number of anilines is 1. The van der Waals surface area contributed by atoms with Gasteiger partial charge < -0.3 is 5.32 Å². The lowest BCUT2D eigenvalue weighted by atomic mass is 10.0. The topological polar surface area (TPSA) is 91.8 Å². The summed E-state index contributed by atoms with van der Waals surface area (Å²) in [4.78, 5) is 14.5. The first-order valence-electron chi connectivity index (χ1n) is 6.39. The van der Waals surface area contributed by atoms with Crippen LogP contribution in [0.1, 0.15) is 38.2 Å². The smallest absolute Gasteiger partial charge is 0.312 e. The summed E-state index contributed by atoms with van der Waals surface area (Å²) in [5, 5.41) is 22.8. The van der Waals surface area contributed by atoms with Crippen molar-refractivity contribution in [2.75, 3.05) is 11.9 Å². The molecule has 0 radical (unpaired) electrons. The Bertz CT molecular complexity index is 532. The van der Waals surface area contributed by atoms with Crippen molar-refractivity contribution < 1.29 is 4.92 Å². The minimum Gasteiger partial charge on any atom is -0.364 e. The van der Waals surface area contributed by atoms with Gasteiger partial charge in [-0.3, -0.25) is 10.1 Å². The van der Waals surface area contributed by atoms with Crippen molar-refractivity contribution in [1.82, 2.24) is 4.98 Å². The van der Waals surface area contributed by atoms with E-state index < -0.39 is 4.92 Å². The van der Waals surface area contributed by atoms with Crippen molar-refractivity contribution in [2.24, 2.45) is 5.41 Å². The predicted octanol–water partition coefficient (Wildman–Crippen LogP) is 2.85. The summed E-state index contributed by atoms with van der Waals surface area (Å²) in [6, 6.07) is 3.12. The van der Waals surface area contributed by atoms with Crippen molar-refractivity contribution in [3.05, 3.63) is 27.9 Å². The summed E-state index contributed by atoms with van der Waals surface area (Å²) in [5.41, 5.74) is 0.358. The molecule has 100 valence electrons. The van der Waals surface area contributed by atoms with Gasteiger partial charge in [0, 0.05) is 18.8 Å². The van der Waals surface area contributed by atoms with Crippen LogP contribution in [0, 0.1) is 26.9 Å². The fourth-order valence-corrected chi connectivity index (χ4v) is 2.28. The van der Waals surface area contributed by atoms with Gasteiger partial charge in [0.2, 0.25) is 5.82 Å². The standard InChI is InChI=1S/C13H16N4O2/c1-2-3-13(4-5-13)9-16-12-11(17(18)19)6-10(7-14)8-15-12/h6,8H,2-5,9H2,1H3,(H,15,16). The van der Waals surface area contributed by atoms with Crippen LogP contribution in [-0.2, 0) is 0 Å². The van der Waals surface area contributed by atoms with Crippen LogP contribution in [0.15, 0.2) is 12.3 Å². The van der Waals surface area contributed by atoms with E-state index in [2.05, 4.69) is 17.2 Å². The summed E-state index contributed by atoms with van der Waals surface area (Å²) in [5.74, 6) is 0.256. The molecule has 0 saturated heterocycles. The molecule has 0 aliphatic heterocycles. The van der Waals surface area contributed by atoms with E-state index in [1.165, 1.54) is 12.3 Å². The molecule has 0 atom stereocenters. The molecule has 2 rings (SSSR count). The largest absolute Gasteiger partial charge is 0.364 e. The lowest BCUT2D eigenvalue weighted by molar-refractivity contribution is -0.384. The summed E-state index contributed by atoms with van der Waals surface area (Å²) in [6.45, 7) is 2.85. The second-order valence-corrected chi connectivity index (χ2v) is 5.06. The maximum atomic E-state index is 11.0. The number of nitrogens with zero attached hydrogens (tertiary/aromatic N) is 3. The summed E-state index contributed by atoms with van der Waals surface area (Å²) < 4.78 is 0. The molecule has 0 amide bonds. The number of nitro groups is 1. The third-order valence-electron chi connectivity index (χ3n) is 3.56. The van der Waals surface area contributed by atoms with Gasteiger partial charge in [0.15, 0.2) is 0 Å². The Morgan fingerprint density at radius 3 is 2.89 bits per heavy atom. The molecule has 1 aromatic heterocycles. The lowest BCUT2D eigenvalue weighted by Crippen LogP contribution is -2.16. The van der Waals surface area contributed by atoms with Crippen molar-refractivity contribution >= 4 is 11.5 Å². The minimum absolute atomic E-state index is 0.133. The Balaban J connectivity index is 2.12. The quantitative estimate of drug-likeness (QED) is 0.627. The van der Waals surface area contributed by atoms with Crippen LogP contribution in [0.2, 0.25) is 0 Å². The zero-order valence-electron chi connectivity index (χ0n) is 10.8. The number of hydrogen-bond acceptors (Lipinski definition) is 5. The van der Waals surface area contributed by atoms with Crippen LogP contribution >= 0.6 is 0 Å². The molecule has 6 nitrogen and oxygen atoms in total. The van der Waals surface area contributed by atoms with E-state index in [9.17, 15) is 10.1 Å². The maximum absolute atomic E-state index is 11.0. The number of nitriles is 1. The van der Waals surface area contributed by atoms with Crippen LogP contribution in [0.25, 0.3) is 0 Å². The van der Waals surface area contributed by atoms with Gasteiger partial charge in [-0.2, -0.15) is 5.26 Å². The highest BCUT2D eigenvalue weighted by molar-refractivity contribution is 5.58. The Labute approximate surface area is 111 Å². The van der Waals surface area contributed by atoms with E-state index in [0.717, 1.165) is 25.7 Å². The first-order valence-corrected chi connectivity index (χ1v) is 6.39. The molecular formula is C13H16N4O2. The summed E-state index contributed by atoms with van der Waals surface area (Å²) >= 11 is 0. The summed E-state index contributed by atoms with van der Waals surface area (Å²) in [7, 11) is 0. The first-order chi connectivity index (χ1) is 9.10. The Kier molecular flexibility index (Phi) is 3.65. The van der Waals surface area contributed by atoms with E-state index in [-0.39, 0.29) is 22.5 Å². The van der Waals surface area contributed by atoms with Crippen molar-refractivity contribution in [3.63, 3.8) is 0 Å². The monoisotopic (exact) mass is 260 g/mol. The number of hydrogen-bond donors (Lipinski definition) is 1. The van der Waals surface area contributed by atoms with Gasteiger partial charge in [0.25, 0.3) is 0 Å². The lowest BCUT2D eigenvalue weighted by Gasteiger charge is -2.15. The number of pyridine rings is 1. The van der Waals surface area contributed by atoms with E-state index in [1.54, 1.807) is 0 Å². The second-order valence-electron chi connectivity index (χ2n) is 5.06. The van der Waals surface area contributed by atoms with Gasteiger partial charge in [-0.1, -0.05) is 13.3 Å². The van der Waals surface area contributed by atoms with Crippen LogP contribution in [0.5, 0.6) is 0 Å². The molecule has 1 aliphatic carbocycles. The Morgan fingerprint density at radius 2 is 2.37 bits per heavy atom. The van der Waals surface area contributed by atoms with Gasteiger partial charge in [0.1, 0.15) is 6.07 Å². The molecule has 19 heavy (non-hydrogen) atoms. The van der Waals surface area contributed by atoms with E-state index in [4.69, 9.17) is 5.26 Å². The zero-order valence-corrected chi connectivity index (χ0v) is 10.8. The highest BCUT2D eigenvalue weighted by Crippen LogP contribution is 2.49. The fraction of sp³-hybridized carbons (Fsp3) is 0.538. The van der Waals surface area contributed by atoms with Crippen LogP contribution in [-0.4, -0.2) is 16.5 Å². The molecule has 1 fully saturated rings. The number of rotatable bonds is 6.